The van der Waals surface area contributed by atoms with Crippen LogP contribution >= 0.6 is 0 Å². The number of nitrogens with one attached hydrogen (secondary N) is 2. The van der Waals surface area contributed by atoms with Gasteiger partial charge in [-0.1, -0.05) is 0 Å². The molecule has 0 fully saturated rings. The summed E-state index contributed by atoms with van der Waals surface area (Å²) in [7, 11) is 0. The van der Waals surface area contributed by atoms with Crippen molar-refractivity contribution in [2.45, 2.75) is 19.9 Å². The maximum Gasteiger partial charge on any atom is 0.338 e. The zero-order chi connectivity index (χ0) is 17.1. The third-order valence-electron chi connectivity index (χ3n) is 3.30. The molecule has 1 aromatic rings. The molecule has 2 rings (SSSR count). The van der Waals surface area contributed by atoms with Crippen molar-refractivity contribution in [3.05, 3.63) is 45.1 Å². The van der Waals surface area contributed by atoms with E-state index in [1.54, 1.807) is 6.92 Å². The maximum atomic E-state index is 12.1. The van der Waals surface area contributed by atoms with Crippen LogP contribution in [0.4, 0.5) is 10.5 Å². The van der Waals surface area contributed by atoms with Crippen LogP contribution < -0.4 is 10.6 Å². The number of ether oxygens (including phenoxy) is 1. The van der Waals surface area contributed by atoms with E-state index in [1.807, 2.05) is 0 Å². The van der Waals surface area contributed by atoms with Gasteiger partial charge in [0.2, 0.25) is 0 Å². The summed E-state index contributed by atoms with van der Waals surface area (Å²) in [5.74, 6) is -0.967. The van der Waals surface area contributed by atoms with Gasteiger partial charge < -0.3 is 20.5 Å². The molecule has 1 heterocycles. The van der Waals surface area contributed by atoms with E-state index in [1.165, 1.54) is 6.92 Å². The molecular formula is C14H15N3O6. The Morgan fingerprint density at radius 2 is 2.17 bits per heavy atom. The number of aromatic hydroxyl groups is 1. The largest absolute Gasteiger partial charge is 0.508 e. The fourth-order valence-corrected chi connectivity index (χ4v) is 2.29. The third kappa shape index (κ3) is 3.23. The van der Waals surface area contributed by atoms with E-state index in [9.17, 15) is 24.8 Å². The Morgan fingerprint density at radius 1 is 1.48 bits per heavy atom. The number of nitro benzene ring substituents is 1. The van der Waals surface area contributed by atoms with Crippen LogP contribution in [0.15, 0.2) is 29.5 Å². The van der Waals surface area contributed by atoms with E-state index in [0.717, 1.165) is 18.2 Å². The van der Waals surface area contributed by atoms with Crippen LogP contribution in [0.3, 0.4) is 0 Å². The molecule has 0 saturated carbocycles. The molecule has 0 unspecified atom stereocenters. The maximum absolute atomic E-state index is 12.1. The number of carbonyl (C=O) groups excluding carboxylic acids is 2. The molecule has 0 radical (unpaired) electrons. The first-order valence-corrected chi connectivity index (χ1v) is 6.77. The van der Waals surface area contributed by atoms with Crippen LogP contribution in [0.1, 0.15) is 25.5 Å². The van der Waals surface area contributed by atoms with Gasteiger partial charge in [0.15, 0.2) is 0 Å². The van der Waals surface area contributed by atoms with E-state index in [2.05, 4.69) is 10.6 Å². The zero-order valence-corrected chi connectivity index (χ0v) is 12.5. The highest BCUT2D eigenvalue weighted by atomic mass is 16.6. The van der Waals surface area contributed by atoms with Crippen molar-refractivity contribution in [1.29, 1.82) is 0 Å². The minimum Gasteiger partial charge on any atom is -0.508 e. The summed E-state index contributed by atoms with van der Waals surface area (Å²) < 4.78 is 4.95. The van der Waals surface area contributed by atoms with Gasteiger partial charge in [-0.15, -0.1) is 0 Å². The molecule has 0 aliphatic carbocycles. The molecule has 0 bridgehead atoms. The van der Waals surface area contributed by atoms with E-state index in [4.69, 9.17) is 4.74 Å². The lowest BCUT2D eigenvalue weighted by Crippen LogP contribution is -2.45. The number of phenolic OH excluding ortho intramolecular Hbond substituents is 1. The molecule has 0 saturated heterocycles. The van der Waals surface area contributed by atoms with Crippen molar-refractivity contribution >= 4 is 17.7 Å². The summed E-state index contributed by atoms with van der Waals surface area (Å²) in [5, 5.41) is 25.8. The number of phenols is 1. The average Bonchev–Trinajstić information content (AvgIpc) is 2.46. The van der Waals surface area contributed by atoms with Crippen molar-refractivity contribution in [3.63, 3.8) is 0 Å². The van der Waals surface area contributed by atoms with Crippen LogP contribution in [0.5, 0.6) is 5.75 Å². The average molecular weight is 321 g/mol. The van der Waals surface area contributed by atoms with Crippen molar-refractivity contribution < 1.29 is 24.4 Å². The Morgan fingerprint density at radius 3 is 2.78 bits per heavy atom. The Balaban J connectivity index is 2.56. The van der Waals surface area contributed by atoms with E-state index in [0.29, 0.717) is 0 Å². The fraction of sp³-hybridized carbons (Fsp3) is 0.286. The highest BCUT2D eigenvalue weighted by molar-refractivity contribution is 5.95. The normalized spacial score (nSPS) is 17.3. The molecular weight excluding hydrogens is 306 g/mol. The van der Waals surface area contributed by atoms with Crippen molar-refractivity contribution in [3.8, 4) is 5.75 Å². The number of rotatable bonds is 4. The molecule has 3 N–H and O–H groups in total. The number of hydrogen-bond acceptors (Lipinski definition) is 6. The summed E-state index contributed by atoms with van der Waals surface area (Å²) >= 11 is 0. The van der Waals surface area contributed by atoms with Crippen LogP contribution in [-0.4, -0.2) is 28.6 Å². The molecule has 23 heavy (non-hydrogen) atoms. The van der Waals surface area contributed by atoms with E-state index < -0.39 is 23.0 Å². The first-order valence-electron chi connectivity index (χ1n) is 6.77. The molecule has 1 atom stereocenters. The van der Waals surface area contributed by atoms with Gasteiger partial charge in [0.05, 0.1) is 23.1 Å². The minimum absolute atomic E-state index is 0.0384. The molecule has 2 amide bonds. The highest BCUT2D eigenvalue weighted by Crippen LogP contribution is 2.35. The van der Waals surface area contributed by atoms with Crippen molar-refractivity contribution in [2.75, 3.05) is 6.61 Å². The summed E-state index contributed by atoms with van der Waals surface area (Å²) in [4.78, 5) is 34.1. The number of nitro groups is 1. The number of allylic oxidation sites excluding steroid dienone is 1. The summed E-state index contributed by atoms with van der Waals surface area (Å²) in [5.41, 5.74) is 0.0910. The number of benzene rings is 1. The molecule has 122 valence electrons. The van der Waals surface area contributed by atoms with Gasteiger partial charge in [-0.05, 0) is 19.9 Å². The molecule has 9 nitrogen and oxygen atoms in total. The summed E-state index contributed by atoms with van der Waals surface area (Å²) in [6.45, 7) is 3.26. The lowest BCUT2D eigenvalue weighted by atomic mass is 9.94. The highest BCUT2D eigenvalue weighted by Gasteiger charge is 2.34. The van der Waals surface area contributed by atoms with Gasteiger partial charge in [-0.25, -0.2) is 9.59 Å². The minimum atomic E-state index is -1.05. The number of carbonyl (C=O) groups is 2. The predicted molar refractivity (Wildman–Crippen MR) is 78.5 cm³/mol. The van der Waals surface area contributed by atoms with Crippen LogP contribution in [-0.2, 0) is 9.53 Å². The van der Waals surface area contributed by atoms with Gasteiger partial charge >= 0.3 is 12.0 Å². The van der Waals surface area contributed by atoms with Crippen LogP contribution in [0.2, 0.25) is 0 Å². The van der Waals surface area contributed by atoms with Crippen molar-refractivity contribution in [1.82, 2.24) is 10.6 Å². The fourth-order valence-electron chi connectivity index (χ4n) is 2.29. The second-order valence-electron chi connectivity index (χ2n) is 4.79. The lowest BCUT2D eigenvalue weighted by Gasteiger charge is -2.28. The SMILES string of the molecule is CCOC(=O)C1=C(C)NC(=O)N[C@@H]1c1cc([N+](=O)[O-])ccc1O. The molecule has 1 aliphatic rings. The molecule has 0 aromatic heterocycles. The van der Waals surface area contributed by atoms with Crippen LogP contribution in [0, 0.1) is 10.1 Å². The van der Waals surface area contributed by atoms with E-state index >= 15 is 0 Å². The van der Waals surface area contributed by atoms with Crippen LogP contribution in [0.25, 0.3) is 0 Å². The Labute approximate surface area is 131 Å². The predicted octanol–water partition coefficient (Wildman–Crippen LogP) is 1.49. The first kappa shape index (κ1) is 16.3. The van der Waals surface area contributed by atoms with Gasteiger partial charge in [0.25, 0.3) is 5.69 Å². The number of esters is 1. The van der Waals surface area contributed by atoms with Gasteiger partial charge in [0, 0.05) is 23.4 Å². The first-order chi connectivity index (χ1) is 10.8. The van der Waals surface area contributed by atoms with Gasteiger partial charge in [0.1, 0.15) is 5.75 Å². The Bertz CT molecular complexity index is 712. The van der Waals surface area contributed by atoms with Gasteiger partial charge in [-0.2, -0.15) is 0 Å². The summed E-state index contributed by atoms with van der Waals surface area (Å²) in [6.07, 6.45) is 0. The second kappa shape index (κ2) is 6.34. The number of nitrogens with zero attached hydrogens (tertiary/aromatic N) is 1. The standard InChI is InChI=1S/C14H15N3O6/c1-3-23-13(19)11-7(2)15-14(20)16-12(11)9-6-8(17(21)22)4-5-10(9)18/h4-6,12,18H,3H2,1-2H3,(H2,15,16,20)/t12-/m1/s1. The number of non-ortho nitro benzene ring substituents is 1. The molecule has 9 heteroatoms. The third-order valence-corrected chi connectivity index (χ3v) is 3.30. The smallest absolute Gasteiger partial charge is 0.338 e. The molecule has 1 aliphatic heterocycles. The monoisotopic (exact) mass is 321 g/mol. The van der Waals surface area contributed by atoms with Gasteiger partial charge in [-0.3, -0.25) is 10.1 Å². The number of amides is 2. The lowest BCUT2D eigenvalue weighted by molar-refractivity contribution is -0.385. The van der Waals surface area contributed by atoms with E-state index in [-0.39, 0.29) is 34.9 Å². The second-order valence-corrected chi connectivity index (χ2v) is 4.79. The Hall–Kier alpha value is -3.10. The van der Waals surface area contributed by atoms with Crippen molar-refractivity contribution in [2.24, 2.45) is 0 Å². The zero-order valence-electron chi connectivity index (χ0n) is 12.5. The Kier molecular flexibility index (Phi) is 4.49. The molecule has 1 aromatic carbocycles. The molecule has 0 spiro atoms. The number of urea groups is 1. The number of hydrogen-bond donors (Lipinski definition) is 3. The quantitative estimate of drug-likeness (QED) is 0.437. The summed E-state index contributed by atoms with van der Waals surface area (Å²) in [6, 6.07) is 1.73. The topological polar surface area (TPSA) is 131 Å².